The molecule has 2 amide bonds. The second-order valence-electron chi connectivity index (χ2n) is 12.4. The van der Waals surface area contributed by atoms with E-state index >= 15 is 0 Å². The van der Waals surface area contributed by atoms with Crippen molar-refractivity contribution < 1.29 is 57.8 Å². The molecule has 56 heavy (non-hydrogen) atoms. The number of phenolic OH excluding ortho intramolecular Hbond substituents is 2. The highest BCUT2D eigenvalue weighted by Crippen LogP contribution is 2.36. The van der Waals surface area contributed by atoms with Crippen molar-refractivity contribution >= 4 is 90.6 Å². The van der Waals surface area contributed by atoms with Crippen LogP contribution >= 0.6 is 0 Å². The molecule has 17 nitrogen and oxygen atoms in total. The minimum atomic E-state index is -4.77. The maximum absolute atomic E-state index is 13.4. The van der Waals surface area contributed by atoms with E-state index in [4.69, 9.17) is 0 Å². The first-order chi connectivity index (χ1) is 26.0. The fraction of sp³-hybridized carbons (Fsp3) is 0.0571. The maximum Gasteiger partial charge on any atom is 0.323 e. The van der Waals surface area contributed by atoms with Crippen molar-refractivity contribution in [3.05, 3.63) is 108 Å². The van der Waals surface area contributed by atoms with Gasteiger partial charge < -0.3 is 20.8 Å². The molecule has 6 rings (SSSR count). The lowest BCUT2D eigenvalue weighted by atomic mass is 10.1. The lowest BCUT2D eigenvalue weighted by Gasteiger charge is -2.16. The van der Waals surface area contributed by atoms with E-state index in [2.05, 4.69) is 20.1 Å². The van der Waals surface area contributed by atoms with Crippen molar-refractivity contribution in [2.24, 2.45) is 0 Å². The highest BCUT2D eigenvalue weighted by molar-refractivity contribution is 7.93. The molecule has 0 radical (unpaired) electrons. The molecular weight excluding hydrogens is 813 g/mol. The number of anilines is 4. The molecule has 292 valence electrons. The van der Waals surface area contributed by atoms with Crippen LogP contribution < -0.4 is 20.1 Å². The van der Waals surface area contributed by atoms with E-state index in [0.717, 1.165) is 24.3 Å². The van der Waals surface area contributed by atoms with Gasteiger partial charge in [-0.05, 0) is 85.6 Å². The number of benzene rings is 6. The Bertz CT molecular complexity index is 2880. The monoisotopic (exact) mass is 842 g/mol. The Labute approximate surface area is 320 Å². The smallest absolute Gasteiger partial charge is 0.323 e. The Morgan fingerprint density at radius 3 is 1.20 bits per heavy atom. The van der Waals surface area contributed by atoms with Gasteiger partial charge in [0.05, 0.1) is 21.2 Å². The molecule has 0 aromatic heterocycles. The van der Waals surface area contributed by atoms with Gasteiger partial charge in [0.15, 0.2) is 0 Å². The van der Waals surface area contributed by atoms with Gasteiger partial charge in [-0.3, -0.25) is 18.5 Å². The van der Waals surface area contributed by atoms with E-state index in [1.165, 1.54) is 86.6 Å². The van der Waals surface area contributed by atoms with Gasteiger partial charge in [-0.15, -0.1) is 0 Å². The SMILES string of the molecule is Cc1cc(S(=O)(=O)Nc2cccc3c(S(=O)(=O)O)cc(O)cc23)ccc1NC(=O)Nc1ccc(S(=O)(=O)Nc2cccc3c(S(=O)(=O)O)cc(O)cc23)cc1C. The summed E-state index contributed by atoms with van der Waals surface area (Å²) in [5.41, 5.74) is 0.900. The molecule has 0 atom stereocenters. The van der Waals surface area contributed by atoms with Gasteiger partial charge >= 0.3 is 6.03 Å². The number of carbonyl (C=O) groups excluding carboxylic acids is 1. The molecule has 0 aliphatic rings. The molecule has 6 aromatic rings. The molecule has 0 heterocycles. The van der Waals surface area contributed by atoms with E-state index < -0.39 is 67.6 Å². The summed E-state index contributed by atoms with van der Waals surface area (Å²) in [5, 5.41) is 25.2. The topological polar surface area (TPSA) is 283 Å². The van der Waals surface area contributed by atoms with Gasteiger partial charge in [0.25, 0.3) is 40.3 Å². The first kappa shape index (κ1) is 39.7. The lowest BCUT2D eigenvalue weighted by Crippen LogP contribution is -2.21. The molecule has 0 fully saturated rings. The Kier molecular flexibility index (Phi) is 10.1. The summed E-state index contributed by atoms with van der Waals surface area (Å²) in [6, 6.07) is 18.8. The molecule has 8 N–H and O–H groups in total. The van der Waals surface area contributed by atoms with Crippen LogP contribution in [-0.4, -0.2) is 59.0 Å². The number of amides is 2. The van der Waals surface area contributed by atoms with E-state index in [-0.39, 0.29) is 54.1 Å². The number of hydrogen-bond acceptors (Lipinski definition) is 11. The zero-order valence-corrected chi connectivity index (χ0v) is 32.1. The summed E-state index contributed by atoms with van der Waals surface area (Å²) in [4.78, 5) is 11.3. The summed E-state index contributed by atoms with van der Waals surface area (Å²) in [7, 11) is -18.2. The number of phenols is 2. The number of aromatic hydroxyl groups is 2. The third kappa shape index (κ3) is 8.17. The van der Waals surface area contributed by atoms with Crippen LogP contribution in [-0.2, 0) is 40.3 Å². The van der Waals surface area contributed by atoms with Crippen molar-refractivity contribution in [3.8, 4) is 11.5 Å². The number of hydrogen-bond donors (Lipinski definition) is 8. The number of fused-ring (bicyclic) bond motifs is 2. The van der Waals surface area contributed by atoms with Gasteiger partial charge in [0.1, 0.15) is 21.3 Å². The first-order valence-electron chi connectivity index (χ1n) is 15.8. The predicted octanol–water partition coefficient (Wildman–Crippen LogP) is 5.76. The fourth-order valence-electron chi connectivity index (χ4n) is 5.85. The van der Waals surface area contributed by atoms with Crippen LogP contribution in [0.2, 0.25) is 0 Å². The van der Waals surface area contributed by atoms with Crippen LogP contribution in [0.25, 0.3) is 21.5 Å². The van der Waals surface area contributed by atoms with E-state index in [1.54, 1.807) is 0 Å². The van der Waals surface area contributed by atoms with Crippen molar-refractivity contribution in [1.29, 1.82) is 0 Å². The van der Waals surface area contributed by atoms with Crippen LogP contribution in [0.1, 0.15) is 11.1 Å². The molecule has 0 bridgehead atoms. The van der Waals surface area contributed by atoms with Gasteiger partial charge in [-0.1, -0.05) is 24.3 Å². The Hall–Kier alpha value is -5.97. The van der Waals surface area contributed by atoms with Gasteiger partial charge in [-0.2, -0.15) is 16.8 Å². The van der Waals surface area contributed by atoms with Crippen LogP contribution in [0.5, 0.6) is 11.5 Å². The van der Waals surface area contributed by atoms with E-state index in [1.807, 2.05) is 0 Å². The van der Waals surface area contributed by atoms with E-state index in [0.29, 0.717) is 11.1 Å². The Morgan fingerprint density at radius 1 is 0.482 bits per heavy atom. The van der Waals surface area contributed by atoms with Gasteiger partial charge in [0, 0.05) is 45.1 Å². The molecule has 0 aliphatic carbocycles. The maximum atomic E-state index is 13.4. The predicted molar refractivity (Wildman–Crippen MR) is 207 cm³/mol. The summed E-state index contributed by atoms with van der Waals surface area (Å²) in [6.45, 7) is 3.06. The lowest BCUT2D eigenvalue weighted by molar-refractivity contribution is 0.262. The zero-order chi connectivity index (χ0) is 41.0. The minimum absolute atomic E-state index is 0.00426. The summed E-state index contributed by atoms with van der Waals surface area (Å²) >= 11 is 0. The molecule has 21 heteroatoms. The third-order valence-corrected chi connectivity index (χ3v) is 13.0. The second-order valence-corrected chi connectivity index (χ2v) is 18.5. The highest BCUT2D eigenvalue weighted by Gasteiger charge is 2.23. The third-order valence-electron chi connectivity index (χ3n) is 8.44. The molecule has 0 spiro atoms. The zero-order valence-electron chi connectivity index (χ0n) is 28.8. The van der Waals surface area contributed by atoms with Crippen LogP contribution in [0.15, 0.2) is 117 Å². The highest BCUT2D eigenvalue weighted by atomic mass is 32.2. The number of rotatable bonds is 10. The van der Waals surface area contributed by atoms with Gasteiger partial charge in [-0.25, -0.2) is 21.6 Å². The number of urea groups is 1. The number of carbonyl (C=O) groups is 1. The fourth-order valence-corrected chi connectivity index (χ4v) is 9.63. The molecule has 0 saturated heterocycles. The summed E-state index contributed by atoms with van der Waals surface area (Å²) < 4.78 is 125. The summed E-state index contributed by atoms with van der Waals surface area (Å²) in [5.74, 6) is -1.06. The largest absolute Gasteiger partial charge is 0.508 e. The Morgan fingerprint density at radius 2 is 0.857 bits per heavy atom. The van der Waals surface area contributed by atoms with Crippen LogP contribution in [0.3, 0.4) is 0 Å². The van der Waals surface area contributed by atoms with Crippen LogP contribution in [0, 0.1) is 13.8 Å². The van der Waals surface area contributed by atoms with Crippen molar-refractivity contribution in [3.63, 3.8) is 0 Å². The second kappa shape index (κ2) is 14.3. The average Bonchev–Trinajstić information content (AvgIpc) is 3.09. The number of sulfonamides is 2. The molecule has 0 unspecified atom stereocenters. The molecular formula is C35H30N4O13S4. The van der Waals surface area contributed by atoms with Crippen molar-refractivity contribution in [1.82, 2.24) is 0 Å². The average molecular weight is 843 g/mol. The molecule has 6 aromatic carbocycles. The van der Waals surface area contributed by atoms with Gasteiger partial charge in [0.2, 0.25) is 0 Å². The first-order valence-corrected chi connectivity index (χ1v) is 21.7. The quantitative estimate of drug-likeness (QED) is 0.0763. The van der Waals surface area contributed by atoms with Crippen molar-refractivity contribution in [2.75, 3.05) is 20.1 Å². The van der Waals surface area contributed by atoms with E-state index in [9.17, 15) is 57.8 Å². The van der Waals surface area contributed by atoms with Crippen LogP contribution in [0.4, 0.5) is 27.5 Å². The molecule has 0 aliphatic heterocycles. The standard InChI is InChI=1S/C35H30N4O13S4/c1-19-13-23(53(43,44)38-31-7-3-5-25-27(31)15-21(40)17-33(25)55(47,48)49)9-11-29(19)36-35(42)37-30-12-10-24(14-20(30)2)54(45,46)39-32-8-4-6-26-28(32)16-22(41)18-34(26)56(50,51)52/h3-18,38-41H,1-2H3,(H2,36,37,42)(H,47,48,49)(H,50,51,52). The number of aryl methyl sites for hydroxylation is 2. The normalized spacial score (nSPS) is 12.4. The summed E-state index contributed by atoms with van der Waals surface area (Å²) in [6.07, 6.45) is 0. The van der Waals surface area contributed by atoms with Crippen molar-refractivity contribution in [2.45, 2.75) is 33.4 Å². The number of nitrogens with one attached hydrogen (secondary N) is 4. The molecule has 0 saturated carbocycles. The minimum Gasteiger partial charge on any atom is -0.508 e. The Balaban J connectivity index is 1.17.